The second kappa shape index (κ2) is 4.78. The average Bonchev–Trinajstić information content (AvgIpc) is 3.15. The molecule has 0 amide bonds. The van der Waals surface area contributed by atoms with Crippen LogP contribution in [0.15, 0.2) is 18.2 Å². The van der Waals surface area contributed by atoms with Crippen molar-refractivity contribution < 1.29 is 4.74 Å². The van der Waals surface area contributed by atoms with E-state index in [1.165, 1.54) is 11.3 Å². The van der Waals surface area contributed by atoms with E-state index in [2.05, 4.69) is 15.3 Å². The van der Waals surface area contributed by atoms with Crippen molar-refractivity contribution in [2.45, 2.75) is 25.9 Å². The Kier molecular flexibility index (Phi) is 2.90. The molecule has 0 spiro atoms. The van der Waals surface area contributed by atoms with E-state index in [1.807, 2.05) is 25.1 Å². The first kappa shape index (κ1) is 12.7. The number of rotatable bonds is 2. The Bertz CT molecular complexity index is 803. The Labute approximate surface area is 125 Å². The van der Waals surface area contributed by atoms with Gasteiger partial charge in [-0.3, -0.25) is 0 Å². The first-order valence-corrected chi connectivity index (χ1v) is 7.74. The van der Waals surface area contributed by atoms with Crippen molar-refractivity contribution in [2.24, 2.45) is 0 Å². The lowest BCUT2D eigenvalue weighted by Crippen LogP contribution is -2.03. The minimum Gasteiger partial charge on any atom is -0.398 e. The van der Waals surface area contributed by atoms with Gasteiger partial charge < -0.3 is 10.5 Å². The van der Waals surface area contributed by atoms with Crippen LogP contribution in [0.2, 0.25) is 0 Å². The van der Waals surface area contributed by atoms with E-state index >= 15 is 0 Å². The molecule has 3 heterocycles. The maximum atomic E-state index is 6.07. The smallest absolute Gasteiger partial charge is 0.235 e. The third-order valence-corrected chi connectivity index (χ3v) is 4.60. The maximum Gasteiger partial charge on any atom is 0.235 e. The van der Waals surface area contributed by atoms with Gasteiger partial charge in [0.15, 0.2) is 5.82 Å². The number of anilines is 1. The SMILES string of the molecule is Cc1ccc(N)c(-c2nn3c(C4CCCO4)nnc3s2)c1. The number of hydrogen-bond donors (Lipinski definition) is 1. The summed E-state index contributed by atoms with van der Waals surface area (Å²) in [4.78, 5) is 0.774. The number of nitrogens with zero attached hydrogens (tertiary/aromatic N) is 4. The molecule has 1 aliphatic heterocycles. The summed E-state index contributed by atoms with van der Waals surface area (Å²) >= 11 is 1.50. The van der Waals surface area contributed by atoms with Gasteiger partial charge in [0.25, 0.3) is 0 Å². The molecule has 0 aliphatic carbocycles. The maximum absolute atomic E-state index is 6.07. The Morgan fingerprint density at radius 1 is 1.38 bits per heavy atom. The van der Waals surface area contributed by atoms with Crippen LogP contribution in [0.25, 0.3) is 15.5 Å². The molecule has 1 saturated heterocycles. The predicted octanol–water partition coefficient (Wildman–Crippen LogP) is 2.59. The van der Waals surface area contributed by atoms with Crippen molar-refractivity contribution in [3.63, 3.8) is 0 Å². The molecule has 1 aliphatic rings. The van der Waals surface area contributed by atoms with Crippen LogP contribution >= 0.6 is 11.3 Å². The minimum absolute atomic E-state index is 0.00445. The molecule has 1 atom stereocenters. The van der Waals surface area contributed by atoms with E-state index in [0.29, 0.717) is 0 Å². The second-order valence-electron chi connectivity index (χ2n) is 5.25. The van der Waals surface area contributed by atoms with E-state index in [4.69, 9.17) is 10.5 Å². The number of nitrogens with two attached hydrogens (primary N) is 1. The summed E-state index contributed by atoms with van der Waals surface area (Å²) in [6.45, 7) is 2.82. The van der Waals surface area contributed by atoms with Gasteiger partial charge in [0.05, 0.1) is 0 Å². The highest BCUT2D eigenvalue weighted by atomic mass is 32.1. The van der Waals surface area contributed by atoms with Crippen molar-refractivity contribution in [3.05, 3.63) is 29.6 Å². The van der Waals surface area contributed by atoms with Gasteiger partial charge in [-0.15, -0.1) is 10.2 Å². The third kappa shape index (κ3) is 2.09. The van der Waals surface area contributed by atoms with Crippen LogP contribution in [0.4, 0.5) is 5.69 Å². The van der Waals surface area contributed by atoms with Gasteiger partial charge in [0.2, 0.25) is 4.96 Å². The van der Waals surface area contributed by atoms with Gasteiger partial charge in [0.1, 0.15) is 11.1 Å². The highest BCUT2D eigenvalue weighted by Gasteiger charge is 2.25. The Balaban J connectivity index is 1.82. The van der Waals surface area contributed by atoms with E-state index in [-0.39, 0.29) is 6.10 Å². The zero-order valence-corrected chi connectivity index (χ0v) is 12.4. The topological polar surface area (TPSA) is 78.3 Å². The fourth-order valence-electron chi connectivity index (χ4n) is 2.58. The summed E-state index contributed by atoms with van der Waals surface area (Å²) in [5.74, 6) is 0.788. The Morgan fingerprint density at radius 2 is 2.29 bits per heavy atom. The number of ether oxygens (including phenoxy) is 1. The Morgan fingerprint density at radius 3 is 3.10 bits per heavy atom. The van der Waals surface area contributed by atoms with Gasteiger partial charge in [-0.2, -0.15) is 9.61 Å². The lowest BCUT2D eigenvalue weighted by atomic mass is 10.1. The molecular formula is C14H15N5OS. The number of hydrogen-bond acceptors (Lipinski definition) is 6. The van der Waals surface area contributed by atoms with Crippen molar-refractivity contribution in [2.75, 3.05) is 12.3 Å². The van der Waals surface area contributed by atoms with Gasteiger partial charge >= 0.3 is 0 Å². The van der Waals surface area contributed by atoms with Crippen molar-refractivity contribution >= 4 is 22.0 Å². The molecule has 1 aromatic carbocycles. The van der Waals surface area contributed by atoms with Crippen LogP contribution in [-0.4, -0.2) is 26.4 Å². The third-order valence-electron chi connectivity index (χ3n) is 3.67. The first-order chi connectivity index (χ1) is 10.2. The summed E-state index contributed by atoms with van der Waals surface area (Å²) in [6, 6.07) is 5.96. The number of fused-ring (bicyclic) bond motifs is 1. The molecule has 0 bridgehead atoms. The van der Waals surface area contributed by atoms with Crippen LogP contribution in [0.1, 0.15) is 30.3 Å². The number of aryl methyl sites for hydroxylation is 1. The van der Waals surface area contributed by atoms with Gasteiger partial charge in [-0.25, -0.2) is 0 Å². The van der Waals surface area contributed by atoms with Gasteiger partial charge in [0, 0.05) is 17.9 Å². The summed E-state index contributed by atoms with van der Waals surface area (Å²) in [6.07, 6.45) is 2.03. The molecule has 21 heavy (non-hydrogen) atoms. The molecule has 1 fully saturated rings. The monoisotopic (exact) mass is 301 g/mol. The largest absolute Gasteiger partial charge is 0.398 e. The fraction of sp³-hybridized carbons (Fsp3) is 0.357. The number of benzene rings is 1. The number of aromatic nitrogens is 4. The van der Waals surface area contributed by atoms with Crippen LogP contribution in [-0.2, 0) is 4.74 Å². The molecule has 3 aromatic rings. The lowest BCUT2D eigenvalue weighted by Gasteiger charge is -2.05. The predicted molar refractivity (Wildman–Crippen MR) is 81.2 cm³/mol. The average molecular weight is 301 g/mol. The van der Waals surface area contributed by atoms with Gasteiger partial charge in [-0.05, 0) is 31.9 Å². The fourth-order valence-corrected chi connectivity index (χ4v) is 3.46. The molecule has 0 saturated carbocycles. The van der Waals surface area contributed by atoms with Crippen molar-refractivity contribution in [1.82, 2.24) is 19.8 Å². The molecule has 1 unspecified atom stereocenters. The van der Waals surface area contributed by atoms with Crippen molar-refractivity contribution in [1.29, 1.82) is 0 Å². The molecule has 7 heteroatoms. The molecule has 2 aromatic heterocycles. The highest BCUT2D eigenvalue weighted by Crippen LogP contribution is 2.33. The second-order valence-corrected chi connectivity index (χ2v) is 6.21. The molecule has 4 rings (SSSR count). The zero-order chi connectivity index (χ0) is 14.4. The minimum atomic E-state index is 0.00445. The van der Waals surface area contributed by atoms with Crippen LogP contribution < -0.4 is 5.73 Å². The van der Waals surface area contributed by atoms with Crippen molar-refractivity contribution in [3.8, 4) is 10.6 Å². The molecule has 6 nitrogen and oxygen atoms in total. The summed E-state index contributed by atoms with van der Waals surface area (Å²) in [7, 11) is 0. The standard InChI is InChI=1S/C14H15N5OS/c1-8-4-5-10(15)9(7-8)13-18-19-12(11-3-2-6-20-11)16-17-14(19)21-13/h4-5,7,11H,2-3,6,15H2,1H3. The molecule has 2 N–H and O–H groups in total. The lowest BCUT2D eigenvalue weighted by molar-refractivity contribution is 0.103. The van der Waals surface area contributed by atoms with E-state index in [9.17, 15) is 0 Å². The summed E-state index contributed by atoms with van der Waals surface area (Å²) < 4.78 is 7.47. The molecule has 0 radical (unpaired) electrons. The quantitative estimate of drug-likeness (QED) is 0.736. The Hall–Kier alpha value is -1.99. The van der Waals surface area contributed by atoms with E-state index < -0.39 is 0 Å². The van der Waals surface area contributed by atoms with Crippen LogP contribution in [0.3, 0.4) is 0 Å². The number of nitrogen functional groups attached to an aromatic ring is 1. The first-order valence-electron chi connectivity index (χ1n) is 6.92. The normalized spacial score (nSPS) is 18.6. The summed E-state index contributed by atoms with van der Waals surface area (Å²) in [5.41, 5.74) is 8.90. The van der Waals surface area contributed by atoms with Crippen LogP contribution in [0, 0.1) is 6.92 Å². The zero-order valence-electron chi connectivity index (χ0n) is 11.6. The molecular weight excluding hydrogens is 286 g/mol. The van der Waals surface area contributed by atoms with Crippen LogP contribution in [0.5, 0.6) is 0 Å². The molecule has 108 valence electrons. The summed E-state index contributed by atoms with van der Waals surface area (Å²) in [5, 5.41) is 13.9. The van der Waals surface area contributed by atoms with E-state index in [1.54, 1.807) is 4.52 Å². The highest BCUT2D eigenvalue weighted by molar-refractivity contribution is 7.19. The van der Waals surface area contributed by atoms with Gasteiger partial charge in [-0.1, -0.05) is 23.0 Å². The van der Waals surface area contributed by atoms with E-state index in [0.717, 1.165) is 52.1 Å².